The number of hydrogen-bond donors (Lipinski definition) is 1. The van der Waals surface area contributed by atoms with Gasteiger partial charge in [0.2, 0.25) is 5.88 Å². The minimum Gasteiger partial charge on any atom is -0.478 e. The standard InChI is InChI=1S/C21H22N4OS/c1-3-13-26-20-14-18(15-22-25(20)19-7-5-4-6-8-19)24-21(27)23-17-11-9-16(2)10-12-17/h4-12,14-15H,3,13H2,1-2H3,(H,23,27)/b24-18+. The average Bonchev–Trinajstić information content (AvgIpc) is 2.69. The normalized spacial score (nSPS) is 11.3. The summed E-state index contributed by atoms with van der Waals surface area (Å²) in [5, 5.41) is 8.61. The third-order valence-electron chi connectivity index (χ3n) is 3.77. The van der Waals surface area contributed by atoms with E-state index in [2.05, 4.69) is 22.3 Å². The summed E-state index contributed by atoms with van der Waals surface area (Å²) < 4.78 is 7.63. The first-order valence-electron chi connectivity index (χ1n) is 8.85. The number of nitrogens with one attached hydrogen (secondary N) is 1. The first-order valence-corrected chi connectivity index (χ1v) is 9.26. The van der Waals surface area contributed by atoms with E-state index in [0.29, 0.717) is 23.0 Å². The minimum atomic E-state index is 0.375. The third kappa shape index (κ3) is 5.24. The van der Waals surface area contributed by atoms with Crippen LogP contribution in [0.15, 0.2) is 71.9 Å². The summed E-state index contributed by atoms with van der Waals surface area (Å²) in [6.07, 6.45) is 2.58. The van der Waals surface area contributed by atoms with E-state index in [0.717, 1.165) is 17.8 Å². The van der Waals surface area contributed by atoms with Crippen LogP contribution < -0.4 is 15.4 Å². The second kappa shape index (κ2) is 9.09. The predicted molar refractivity (Wildman–Crippen MR) is 112 cm³/mol. The summed E-state index contributed by atoms with van der Waals surface area (Å²) in [6.45, 7) is 4.71. The maximum absolute atomic E-state index is 5.87. The molecule has 138 valence electrons. The highest BCUT2D eigenvalue weighted by Gasteiger charge is 2.05. The lowest BCUT2D eigenvalue weighted by Gasteiger charge is -2.12. The predicted octanol–water partition coefficient (Wildman–Crippen LogP) is 4.27. The lowest BCUT2D eigenvalue weighted by Crippen LogP contribution is -2.17. The van der Waals surface area contributed by atoms with Gasteiger partial charge in [0.05, 0.1) is 23.8 Å². The molecule has 0 bridgehead atoms. The van der Waals surface area contributed by atoms with Crippen molar-refractivity contribution >= 4 is 23.0 Å². The molecule has 0 amide bonds. The Hall–Kier alpha value is -2.99. The van der Waals surface area contributed by atoms with Crippen LogP contribution in [-0.2, 0) is 0 Å². The van der Waals surface area contributed by atoms with Crippen LogP contribution in [0.25, 0.3) is 5.69 Å². The molecule has 2 aromatic carbocycles. The summed E-state index contributed by atoms with van der Waals surface area (Å²) in [6, 6.07) is 19.7. The van der Waals surface area contributed by atoms with Crippen LogP contribution in [0.5, 0.6) is 5.88 Å². The topological polar surface area (TPSA) is 51.4 Å². The van der Waals surface area contributed by atoms with Crippen molar-refractivity contribution in [3.8, 4) is 11.6 Å². The van der Waals surface area contributed by atoms with Gasteiger partial charge in [-0.1, -0.05) is 42.8 Å². The van der Waals surface area contributed by atoms with Gasteiger partial charge < -0.3 is 10.1 Å². The maximum atomic E-state index is 5.87. The van der Waals surface area contributed by atoms with Gasteiger partial charge in [-0.05, 0) is 49.8 Å². The molecule has 0 aliphatic rings. The molecule has 0 fully saturated rings. The van der Waals surface area contributed by atoms with Gasteiger partial charge in [0.15, 0.2) is 5.11 Å². The van der Waals surface area contributed by atoms with Gasteiger partial charge in [-0.15, -0.1) is 0 Å². The smallest absolute Gasteiger partial charge is 0.217 e. The summed E-state index contributed by atoms with van der Waals surface area (Å²) in [7, 11) is 0. The molecule has 6 heteroatoms. The Morgan fingerprint density at radius 1 is 1.15 bits per heavy atom. The number of hydrogen-bond acceptors (Lipinski definition) is 3. The van der Waals surface area contributed by atoms with Gasteiger partial charge in [-0.25, -0.2) is 9.67 Å². The van der Waals surface area contributed by atoms with Gasteiger partial charge >= 0.3 is 0 Å². The van der Waals surface area contributed by atoms with Crippen LogP contribution in [0, 0.1) is 6.92 Å². The van der Waals surface area contributed by atoms with Crippen molar-refractivity contribution in [3.63, 3.8) is 0 Å². The highest BCUT2D eigenvalue weighted by atomic mass is 32.1. The summed E-state index contributed by atoms with van der Waals surface area (Å²) in [5.41, 5.74) is 3.02. The largest absolute Gasteiger partial charge is 0.478 e. The zero-order valence-corrected chi connectivity index (χ0v) is 16.2. The molecule has 3 rings (SSSR count). The monoisotopic (exact) mass is 378 g/mol. The Labute approximate surface area is 164 Å². The first kappa shape index (κ1) is 18.8. The lowest BCUT2D eigenvalue weighted by molar-refractivity contribution is 0.291. The number of ether oxygens (including phenoxy) is 1. The minimum absolute atomic E-state index is 0.375. The van der Waals surface area contributed by atoms with E-state index in [1.807, 2.05) is 67.6 Å². The number of aryl methyl sites for hydroxylation is 1. The Morgan fingerprint density at radius 3 is 2.59 bits per heavy atom. The molecular weight excluding hydrogens is 356 g/mol. The first-order chi connectivity index (χ1) is 13.2. The number of rotatable bonds is 5. The molecule has 0 atom stereocenters. The maximum Gasteiger partial charge on any atom is 0.217 e. The highest BCUT2D eigenvalue weighted by Crippen LogP contribution is 2.14. The molecule has 1 N–H and O–H groups in total. The van der Waals surface area contributed by atoms with E-state index >= 15 is 0 Å². The average molecular weight is 379 g/mol. The molecule has 1 heterocycles. The second-order valence-electron chi connectivity index (χ2n) is 6.06. The van der Waals surface area contributed by atoms with E-state index in [1.54, 1.807) is 10.9 Å². The Kier molecular flexibility index (Phi) is 6.33. The fourth-order valence-electron chi connectivity index (χ4n) is 2.44. The third-order valence-corrected chi connectivity index (χ3v) is 3.97. The van der Waals surface area contributed by atoms with Crippen LogP contribution in [0.3, 0.4) is 0 Å². The SMILES string of the molecule is CCCOc1c/c(=N\C(=S)Nc2ccc(C)cc2)cnn1-c1ccccc1. The highest BCUT2D eigenvalue weighted by molar-refractivity contribution is 7.80. The molecule has 0 spiro atoms. The number of para-hydroxylation sites is 1. The summed E-state index contributed by atoms with van der Waals surface area (Å²) in [5.74, 6) is 0.627. The van der Waals surface area contributed by atoms with E-state index in [-0.39, 0.29) is 0 Å². The molecule has 0 unspecified atom stereocenters. The fraction of sp³-hybridized carbons (Fsp3) is 0.190. The van der Waals surface area contributed by atoms with Crippen LogP contribution in [0.4, 0.5) is 5.69 Å². The molecule has 0 radical (unpaired) electrons. The van der Waals surface area contributed by atoms with Gasteiger partial charge in [0.1, 0.15) is 0 Å². The van der Waals surface area contributed by atoms with Crippen molar-refractivity contribution in [2.24, 2.45) is 4.99 Å². The van der Waals surface area contributed by atoms with Gasteiger partial charge in [0.25, 0.3) is 0 Å². The summed E-state index contributed by atoms with van der Waals surface area (Å²) >= 11 is 5.35. The van der Waals surface area contributed by atoms with Crippen molar-refractivity contribution in [1.29, 1.82) is 0 Å². The van der Waals surface area contributed by atoms with Crippen LogP contribution >= 0.6 is 12.2 Å². The Bertz CT molecular complexity index is 965. The molecule has 3 aromatic rings. The Morgan fingerprint density at radius 2 is 1.89 bits per heavy atom. The molecule has 1 aromatic heterocycles. The zero-order chi connectivity index (χ0) is 19.1. The number of aromatic nitrogens is 2. The van der Waals surface area contributed by atoms with E-state index in [4.69, 9.17) is 17.0 Å². The number of nitrogens with zero attached hydrogens (tertiary/aromatic N) is 3. The number of benzene rings is 2. The van der Waals surface area contributed by atoms with Crippen molar-refractivity contribution in [3.05, 3.63) is 77.8 Å². The zero-order valence-electron chi connectivity index (χ0n) is 15.4. The van der Waals surface area contributed by atoms with Crippen molar-refractivity contribution < 1.29 is 4.74 Å². The molecule has 0 saturated carbocycles. The van der Waals surface area contributed by atoms with E-state index < -0.39 is 0 Å². The summed E-state index contributed by atoms with van der Waals surface area (Å²) in [4.78, 5) is 4.44. The van der Waals surface area contributed by atoms with Crippen molar-refractivity contribution in [1.82, 2.24) is 9.78 Å². The number of thiocarbonyl (C=S) groups is 1. The lowest BCUT2D eigenvalue weighted by atomic mass is 10.2. The van der Waals surface area contributed by atoms with Gasteiger partial charge in [-0.2, -0.15) is 5.10 Å². The van der Waals surface area contributed by atoms with Gasteiger partial charge in [0, 0.05) is 11.8 Å². The van der Waals surface area contributed by atoms with Gasteiger partial charge in [-0.3, -0.25) is 0 Å². The Balaban J connectivity index is 1.87. The molecule has 5 nitrogen and oxygen atoms in total. The van der Waals surface area contributed by atoms with E-state index in [9.17, 15) is 0 Å². The van der Waals surface area contributed by atoms with Crippen molar-refractivity contribution in [2.45, 2.75) is 20.3 Å². The van der Waals surface area contributed by atoms with E-state index in [1.165, 1.54) is 5.56 Å². The second-order valence-corrected chi connectivity index (χ2v) is 6.44. The van der Waals surface area contributed by atoms with Crippen LogP contribution in [0.1, 0.15) is 18.9 Å². The quantitative estimate of drug-likeness (QED) is 0.674. The molecule has 0 saturated heterocycles. The van der Waals surface area contributed by atoms with Crippen LogP contribution in [0.2, 0.25) is 0 Å². The van der Waals surface area contributed by atoms with Crippen molar-refractivity contribution in [2.75, 3.05) is 11.9 Å². The molecule has 27 heavy (non-hydrogen) atoms. The number of anilines is 1. The molecule has 0 aliphatic carbocycles. The molecular formula is C21H22N4OS. The van der Waals surface area contributed by atoms with Crippen LogP contribution in [-0.4, -0.2) is 21.5 Å². The fourth-order valence-corrected chi connectivity index (χ4v) is 2.66. The molecule has 0 aliphatic heterocycles.